The summed E-state index contributed by atoms with van der Waals surface area (Å²) in [4.78, 5) is 11.8. The number of carbonyl (C=O) groups is 1. The van der Waals surface area contributed by atoms with Crippen molar-refractivity contribution in [3.8, 4) is 0 Å². The van der Waals surface area contributed by atoms with Crippen molar-refractivity contribution < 1.29 is 4.79 Å². The van der Waals surface area contributed by atoms with Gasteiger partial charge in [-0.25, -0.2) is 0 Å². The SMILES string of the molecule is CCc1cc(C(=O)NCC(C)CBr)n(C)n1. The van der Waals surface area contributed by atoms with Crippen LogP contribution in [0.4, 0.5) is 0 Å². The fraction of sp³-hybridized carbons (Fsp3) is 0.636. The average molecular weight is 288 g/mol. The summed E-state index contributed by atoms with van der Waals surface area (Å²) in [5.41, 5.74) is 1.57. The molecular formula is C11H18BrN3O. The Morgan fingerprint density at radius 1 is 1.69 bits per heavy atom. The minimum absolute atomic E-state index is 0.0532. The third kappa shape index (κ3) is 3.33. The van der Waals surface area contributed by atoms with E-state index in [1.54, 1.807) is 11.7 Å². The summed E-state index contributed by atoms with van der Waals surface area (Å²) in [6, 6.07) is 1.84. The van der Waals surface area contributed by atoms with E-state index in [4.69, 9.17) is 0 Å². The van der Waals surface area contributed by atoms with Crippen molar-refractivity contribution in [3.05, 3.63) is 17.5 Å². The Kier molecular flexibility index (Phi) is 4.99. The van der Waals surface area contributed by atoms with Crippen LogP contribution in [0.1, 0.15) is 30.0 Å². The van der Waals surface area contributed by atoms with Gasteiger partial charge >= 0.3 is 0 Å². The van der Waals surface area contributed by atoms with Crippen molar-refractivity contribution in [3.63, 3.8) is 0 Å². The molecule has 0 saturated carbocycles. The Bertz CT molecular complexity index is 362. The van der Waals surface area contributed by atoms with Gasteiger partial charge in [-0.1, -0.05) is 29.8 Å². The maximum atomic E-state index is 11.8. The van der Waals surface area contributed by atoms with Crippen LogP contribution in [0.2, 0.25) is 0 Å². The Morgan fingerprint density at radius 3 is 2.88 bits per heavy atom. The second-order valence-electron chi connectivity index (χ2n) is 3.97. The fourth-order valence-corrected chi connectivity index (χ4v) is 1.55. The van der Waals surface area contributed by atoms with E-state index in [2.05, 4.69) is 33.3 Å². The topological polar surface area (TPSA) is 46.9 Å². The first-order valence-corrected chi connectivity index (χ1v) is 6.57. The summed E-state index contributed by atoms with van der Waals surface area (Å²) in [6.07, 6.45) is 0.846. The van der Waals surface area contributed by atoms with Crippen LogP contribution in [0.3, 0.4) is 0 Å². The molecule has 0 aliphatic rings. The van der Waals surface area contributed by atoms with E-state index in [-0.39, 0.29) is 5.91 Å². The van der Waals surface area contributed by atoms with Crippen molar-refractivity contribution in [2.24, 2.45) is 13.0 Å². The lowest BCUT2D eigenvalue weighted by atomic mass is 10.2. The molecule has 1 heterocycles. The van der Waals surface area contributed by atoms with Crippen LogP contribution in [0.5, 0.6) is 0 Å². The van der Waals surface area contributed by atoms with Crippen molar-refractivity contribution in [2.45, 2.75) is 20.3 Å². The van der Waals surface area contributed by atoms with Crippen molar-refractivity contribution in [2.75, 3.05) is 11.9 Å². The highest BCUT2D eigenvalue weighted by molar-refractivity contribution is 9.09. The van der Waals surface area contributed by atoms with Crippen LogP contribution >= 0.6 is 15.9 Å². The van der Waals surface area contributed by atoms with Crippen LogP contribution in [0.25, 0.3) is 0 Å². The number of aryl methyl sites for hydroxylation is 2. The first-order chi connectivity index (χ1) is 7.58. The second-order valence-corrected chi connectivity index (χ2v) is 4.62. The number of hydrogen-bond acceptors (Lipinski definition) is 2. The average Bonchev–Trinajstić information content (AvgIpc) is 2.67. The van der Waals surface area contributed by atoms with Gasteiger partial charge in [-0.05, 0) is 18.4 Å². The highest BCUT2D eigenvalue weighted by atomic mass is 79.9. The lowest BCUT2D eigenvalue weighted by Gasteiger charge is -2.09. The number of alkyl halides is 1. The molecule has 0 spiro atoms. The Morgan fingerprint density at radius 2 is 2.38 bits per heavy atom. The molecule has 0 aliphatic carbocycles. The molecule has 1 N–H and O–H groups in total. The zero-order valence-electron chi connectivity index (χ0n) is 9.96. The number of aromatic nitrogens is 2. The van der Waals surface area contributed by atoms with Crippen LogP contribution in [0.15, 0.2) is 6.07 Å². The third-order valence-corrected chi connectivity index (χ3v) is 3.51. The monoisotopic (exact) mass is 287 g/mol. The maximum Gasteiger partial charge on any atom is 0.269 e. The van der Waals surface area contributed by atoms with Gasteiger partial charge in [0.05, 0.1) is 5.69 Å². The third-order valence-electron chi connectivity index (χ3n) is 2.40. The molecule has 1 rings (SSSR count). The minimum Gasteiger partial charge on any atom is -0.350 e. The van der Waals surface area contributed by atoms with Crippen molar-refractivity contribution in [1.29, 1.82) is 0 Å². The molecule has 0 aliphatic heterocycles. The molecule has 0 radical (unpaired) electrons. The van der Waals surface area contributed by atoms with Gasteiger partial charge < -0.3 is 5.32 Å². The molecule has 4 nitrogen and oxygen atoms in total. The van der Waals surface area contributed by atoms with E-state index in [1.807, 2.05) is 13.0 Å². The summed E-state index contributed by atoms with van der Waals surface area (Å²) in [6.45, 7) is 4.78. The Hall–Kier alpha value is -0.840. The zero-order chi connectivity index (χ0) is 12.1. The molecule has 16 heavy (non-hydrogen) atoms. The van der Waals surface area contributed by atoms with Crippen molar-refractivity contribution >= 4 is 21.8 Å². The fourth-order valence-electron chi connectivity index (χ4n) is 1.32. The van der Waals surface area contributed by atoms with Crippen LogP contribution in [0, 0.1) is 5.92 Å². The number of nitrogens with zero attached hydrogens (tertiary/aromatic N) is 2. The number of carbonyl (C=O) groups excluding carboxylic acids is 1. The van der Waals surface area contributed by atoms with E-state index in [1.165, 1.54) is 0 Å². The summed E-state index contributed by atoms with van der Waals surface area (Å²) < 4.78 is 1.63. The first kappa shape index (κ1) is 13.2. The minimum atomic E-state index is -0.0532. The van der Waals surface area contributed by atoms with Gasteiger partial charge in [-0.15, -0.1) is 0 Å². The van der Waals surface area contributed by atoms with E-state index in [0.717, 1.165) is 17.4 Å². The highest BCUT2D eigenvalue weighted by Crippen LogP contribution is 2.04. The van der Waals surface area contributed by atoms with Gasteiger partial charge in [-0.2, -0.15) is 5.10 Å². The molecule has 1 aromatic rings. The summed E-state index contributed by atoms with van der Waals surface area (Å²) in [5.74, 6) is 0.380. The maximum absolute atomic E-state index is 11.8. The molecule has 0 aromatic carbocycles. The van der Waals surface area contributed by atoms with Gasteiger partial charge in [0.2, 0.25) is 0 Å². The van der Waals surface area contributed by atoms with Crippen LogP contribution in [-0.4, -0.2) is 27.6 Å². The van der Waals surface area contributed by atoms with Gasteiger partial charge in [0.1, 0.15) is 5.69 Å². The van der Waals surface area contributed by atoms with Crippen molar-refractivity contribution in [1.82, 2.24) is 15.1 Å². The van der Waals surface area contributed by atoms with E-state index in [9.17, 15) is 4.79 Å². The second kappa shape index (κ2) is 6.03. The molecule has 1 unspecified atom stereocenters. The normalized spacial score (nSPS) is 12.5. The summed E-state index contributed by atoms with van der Waals surface area (Å²) in [7, 11) is 1.79. The highest BCUT2D eigenvalue weighted by Gasteiger charge is 2.12. The molecule has 0 saturated heterocycles. The summed E-state index contributed by atoms with van der Waals surface area (Å²) in [5, 5.41) is 8.03. The smallest absolute Gasteiger partial charge is 0.269 e. The van der Waals surface area contributed by atoms with Gasteiger partial charge in [0, 0.05) is 18.9 Å². The van der Waals surface area contributed by atoms with Crippen LogP contribution in [-0.2, 0) is 13.5 Å². The van der Waals surface area contributed by atoms with E-state index < -0.39 is 0 Å². The molecular weight excluding hydrogens is 270 g/mol. The number of amides is 1. The van der Waals surface area contributed by atoms with Crippen LogP contribution < -0.4 is 5.32 Å². The van der Waals surface area contributed by atoms with E-state index in [0.29, 0.717) is 18.2 Å². The molecule has 1 atom stereocenters. The number of nitrogens with one attached hydrogen (secondary N) is 1. The number of rotatable bonds is 5. The Balaban J connectivity index is 2.62. The Labute approximate surface area is 105 Å². The molecule has 1 amide bonds. The molecule has 0 bridgehead atoms. The zero-order valence-corrected chi connectivity index (χ0v) is 11.5. The van der Waals surface area contributed by atoms with Gasteiger partial charge in [-0.3, -0.25) is 9.48 Å². The molecule has 0 fully saturated rings. The van der Waals surface area contributed by atoms with E-state index >= 15 is 0 Å². The predicted molar refractivity (Wildman–Crippen MR) is 67.9 cm³/mol. The lowest BCUT2D eigenvalue weighted by Crippen LogP contribution is -2.30. The van der Waals surface area contributed by atoms with Gasteiger partial charge in [0.25, 0.3) is 5.91 Å². The molecule has 1 aromatic heterocycles. The first-order valence-electron chi connectivity index (χ1n) is 5.45. The molecule has 90 valence electrons. The number of hydrogen-bond donors (Lipinski definition) is 1. The van der Waals surface area contributed by atoms with Gasteiger partial charge in [0.15, 0.2) is 0 Å². The largest absolute Gasteiger partial charge is 0.350 e. The predicted octanol–water partition coefficient (Wildman–Crippen LogP) is 1.74. The lowest BCUT2D eigenvalue weighted by molar-refractivity contribution is 0.0940. The standard InChI is InChI=1S/C11H18BrN3O/c1-4-9-5-10(15(3)14-9)11(16)13-7-8(2)6-12/h5,8H,4,6-7H2,1-3H3,(H,13,16). The number of halogens is 1. The quantitative estimate of drug-likeness (QED) is 0.839. The summed E-state index contributed by atoms with van der Waals surface area (Å²) >= 11 is 3.38. The molecule has 5 heteroatoms.